The zero-order valence-corrected chi connectivity index (χ0v) is 17.4. The van der Waals surface area contributed by atoms with E-state index in [1.807, 2.05) is 54.5 Å². The predicted octanol–water partition coefficient (Wildman–Crippen LogP) is 3.45. The topological polar surface area (TPSA) is 83.6 Å². The van der Waals surface area contributed by atoms with Gasteiger partial charge < -0.3 is 9.88 Å². The van der Waals surface area contributed by atoms with Crippen molar-refractivity contribution >= 4 is 28.5 Å². The molecule has 8 nitrogen and oxygen atoms in total. The molecule has 0 aliphatic carbocycles. The maximum Gasteiger partial charge on any atom is 0.258 e. The number of pyridine rings is 2. The first-order valence-corrected chi connectivity index (χ1v) is 10.4. The SMILES string of the molecule is Cc1ccc2c(C(=O)N3CCc4[nH]cnc4[C@@H]3c3cc4c(Cl)cccn4n3)cnn2c1. The highest BCUT2D eigenvalue weighted by Crippen LogP contribution is 2.35. The number of hydrogen-bond donors (Lipinski definition) is 1. The fourth-order valence-corrected chi connectivity index (χ4v) is 4.55. The van der Waals surface area contributed by atoms with Crippen LogP contribution in [0.5, 0.6) is 0 Å². The lowest BCUT2D eigenvalue weighted by Crippen LogP contribution is -2.41. The fourth-order valence-electron chi connectivity index (χ4n) is 4.33. The standard InChI is InChI=1S/C22H18ClN7O/c1-13-4-5-18-14(10-26-30(18)11-13)22(31)28-8-6-16-20(25-12-24-16)21(28)17-9-19-15(23)3-2-7-29(19)27-17/h2-5,7,9-12,21H,6,8H2,1H3,(H,24,25)/t21-/m0/s1. The maximum atomic E-state index is 13.7. The molecule has 6 heterocycles. The maximum absolute atomic E-state index is 13.7. The number of aromatic nitrogens is 6. The Kier molecular flexibility index (Phi) is 3.91. The number of halogens is 1. The number of hydrogen-bond acceptors (Lipinski definition) is 4. The Bertz CT molecular complexity index is 1460. The zero-order valence-electron chi connectivity index (χ0n) is 16.7. The summed E-state index contributed by atoms with van der Waals surface area (Å²) in [6.45, 7) is 2.54. The van der Waals surface area contributed by atoms with Crippen LogP contribution < -0.4 is 0 Å². The molecule has 0 fully saturated rings. The lowest BCUT2D eigenvalue weighted by atomic mass is 9.98. The number of carbonyl (C=O) groups is 1. The van der Waals surface area contributed by atoms with Crippen LogP contribution in [0.4, 0.5) is 0 Å². The minimum atomic E-state index is -0.418. The number of rotatable bonds is 2. The first kappa shape index (κ1) is 18.1. The minimum Gasteiger partial charge on any atom is -0.348 e. The second-order valence-electron chi connectivity index (χ2n) is 7.77. The highest BCUT2D eigenvalue weighted by atomic mass is 35.5. The summed E-state index contributed by atoms with van der Waals surface area (Å²) in [5, 5.41) is 9.72. The summed E-state index contributed by atoms with van der Waals surface area (Å²) in [5.74, 6) is -0.0966. The molecule has 0 aromatic carbocycles. The molecule has 31 heavy (non-hydrogen) atoms. The van der Waals surface area contributed by atoms with E-state index < -0.39 is 6.04 Å². The van der Waals surface area contributed by atoms with Crippen LogP contribution in [0.15, 0.2) is 55.2 Å². The second-order valence-corrected chi connectivity index (χ2v) is 8.17. The summed E-state index contributed by atoms with van der Waals surface area (Å²) in [7, 11) is 0. The van der Waals surface area contributed by atoms with Gasteiger partial charge in [-0.3, -0.25) is 4.79 Å². The molecular formula is C22H18ClN7O. The highest BCUT2D eigenvalue weighted by molar-refractivity contribution is 6.33. The smallest absolute Gasteiger partial charge is 0.258 e. The molecule has 0 radical (unpaired) electrons. The lowest BCUT2D eigenvalue weighted by molar-refractivity contribution is 0.0689. The molecule has 1 atom stereocenters. The third-order valence-electron chi connectivity index (χ3n) is 5.83. The second kappa shape index (κ2) is 6.68. The Labute approximate surface area is 182 Å². The van der Waals surface area contributed by atoms with Gasteiger partial charge in [0.1, 0.15) is 6.04 Å². The Morgan fingerprint density at radius 2 is 2.13 bits per heavy atom. The van der Waals surface area contributed by atoms with Crippen LogP contribution in [0.3, 0.4) is 0 Å². The molecule has 9 heteroatoms. The van der Waals surface area contributed by atoms with E-state index in [0.29, 0.717) is 23.6 Å². The molecule has 154 valence electrons. The Morgan fingerprint density at radius 1 is 1.23 bits per heavy atom. The number of aromatic amines is 1. The summed E-state index contributed by atoms with van der Waals surface area (Å²) in [4.78, 5) is 23.3. The number of imidazole rings is 1. The summed E-state index contributed by atoms with van der Waals surface area (Å²) in [5.41, 5.74) is 5.76. The first-order chi connectivity index (χ1) is 15.1. The largest absolute Gasteiger partial charge is 0.348 e. The molecule has 1 amide bonds. The van der Waals surface area contributed by atoms with E-state index in [2.05, 4.69) is 15.1 Å². The molecule has 0 spiro atoms. The van der Waals surface area contributed by atoms with Gasteiger partial charge in [-0.25, -0.2) is 14.0 Å². The third kappa shape index (κ3) is 2.75. The molecule has 0 saturated heterocycles. The number of fused-ring (bicyclic) bond motifs is 3. The summed E-state index contributed by atoms with van der Waals surface area (Å²) < 4.78 is 3.48. The van der Waals surface area contributed by atoms with Gasteiger partial charge in [-0.05, 0) is 36.8 Å². The number of aryl methyl sites for hydroxylation is 1. The van der Waals surface area contributed by atoms with Gasteiger partial charge in [0, 0.05) is 31.1 Å². The van der Waals surface area contributed by atoms with Gasteiger partial charge in [-0.15, -0.1) is 0 Å². The van der Waals surface area contributed by atoms with Crippen molar-refractivity contribution in [3.63, 3.8) is 0 Å². The van der Waals surface area contributed by atoms with E-state index in [4.69, 9.17) is 16.7 Å². The van der Waals surface area contributed by atoms with Gasteiger partial charge in [0.25, 0.3) is 5.91 Å². The van der Waals surface area contributed by atoms with Crippen molar-refractivity contribution in [2.75, 3.05) is 6.54 Å². The normalized spacial score (nSPS) is 16.2. The van der Waals surface area contributed by atoms with E-state index in [-0.39, 0.29) is 5.91 Å². The van der Waals surface area contributed by atoms with Gasteiger partial charge in [0.2, 0.25) is 0 Å². The van der Waals surface area contributed by atoms with Crippen LogP contribution in [0, 0.1) is 6.92 Å². The van der Waals surface area contributed by atoms with Gasteiger partial charge in [-0.2, -0.15) is 10.2 Å². The molecule has 5 aromatic rings. The average Bonchev–Trinajstić information content (AvgIpc) is 3.50. The number of amides is 1. The average molecular weight is 432 g/mol. The minimum absolute atomic E-state index is 0.0966. The third-order valence-corrected chi connectivity index (χ3v) is 6.15. The summed E-state index contributed by atoms with van der Waals surface area (Å²) in [6, 6.07) is 9.09. The van der Waals surface area contributed by atoms with Crippen LogP contribution >= 0.6 is 11.6 Å². The van der Waals surface area contributed by atoms with Crippen LogP contribution in [0.2, 0.25) is 5.02 Å². The molecular weight excluding hydrogens is 414 g/mol. The van der Waals surface area contributed by atoms with Crippen molar-refractivity contribution in [2.24, 2.45) is 0 Å². The zero-order chi connectivity index (χ0) is 21.1. The molecule has 6 rings (SSSR count). The van der Waals surface area contributed by atoms with E-state index in [1.54, 1.807) is 21.6 Å². The predicted molar refractivity (Wildman–Crippen MR) is 115 cm³/mol. The summed E-state index contributed by atoms with van der Waals surface area (Å²) >= 11 is 6.37. The Morgan fingerprint density at radius 3 is 3.00 bits per heavy atom. The molecule has 1 aliphatic heterocycles. The van der Waals surface area contributed by atoms with E-state index >= 15 is 0 Å². The number of carbonyl (C=O) groups excluding carboxylic acids is 1. The van der Waals surface area contributed by atoms with Crippen molar-refractivity contribution in [1.29, 1.82) is 0 Å². The number of nitrogens with one attached hydrogen (secondary N) is 1. The van der Waals surface area contributed by atoms with Crippen molar-refractivity contribution in [3.8, 4) is 0 Å². The van der Waals surface area contributed by atoms with Crippen LogP contribution in [0.25, 0.3) is 11.0 Å². The van der Waals surface area contributed by atoms with E-state index in [9.17, 15) is 4.79 Å². The Balaban J connectivity index is 1.49. The van der Waals surface area contributed by atoms with Gasteiger partial charge in [-0.1, -0.05) is 17.7 Å². The monoisotopic (exact) mass is 431 g/mol. The van der Waals surface area contributed by atoms with Crippen molar-refractivity contribution in [3.05, 3.63) is 88.5 Å². The van der Waals surface area contributed by atoms with Gasteiger partial charge in [0.15, 0.2) is 0 Å². The van der Waals surface area contributed by atoms with Crippen molar-refractivity contribution in [1.82, 2.24) is 34.1 Å². The highest BCUT2D eigenvalue weighted by Gasteiger charge is 2.37. The van der Waals surface area contributed by atoms with Crippen LogP contribution in [0.1, 0.15) is 39.0 Å². The molecule has 0 unspecified atom stereocenters. The van der Waals surface area contributed by atoms with Gasteiger partial charge >= 0.3 is 0 Å². The number of H-pyrrole nitrogens is 1. The molecule has 0 saturated carbocycles. The van der Waals surface area contributed by atoms with Crippen LogP contribution in [-0.2, 0) is 6.42 Å². The molecule has 1 aliphatic rings. The molecule has 5 aromatic heterocycles. The molecule has 1 N–H and O–H groups in total. The lowest BCUT2D eigenvalue weighted by Gasteiger charge is -2.33. The van der Waals surface area contributed by atoms with Crippen molar-refractivity contribution in [2.45, 2.75) is 19.4 Å². The van der Waals surface area contributed by atoms with E-state index in [1.165, 1.54) is 0 Å². The number of nitrogens with zero attached hydrogens (tertiary/aromatic N) is 6. The van der Waals surface area contributed by atoms with E-state index in [0.717, 1.165) is 33.7 Å². The summed E-state index contributed by atoms with van der Waals surface area (Å²) in [6.07, 6.45) is 7.76. The van der Waals surface area contributed by atoms with Crippen molar-refractivity contribution < 1.29 is 4.79 Å². The quantitative estimate of drug-likeness (QED) is 0.464. The Hall–Kier alpha value is -3.65. The van der Waals surface area contributed by atoms with Gasteiger partial charge in [0.05, 0.1) is 45.5 Å². The first-order valence-electron chi connectivity index (χ1n) is 10.0. The van der Waals surface area contributed by atoms with Crippen LogP contribution in [-0.4, -0.2) is 46.5 Å². The molecule has 0 bridgehead atoms. The fraction of sp³-hybridized carbons (Fsp3) is 0.182.